The van der Waals surface area contributed by atoms with Gasteiger partial charge in [0.25, 0.3) is 0 Å². The van der Waals surface area contributed by atoms with E-state index in [0.717, 1.165) is 4.90 Å². The standard InChI is InChI=1S/C14H20FNO2S/c1-10(13(18)16-14(2,3)9-17)8-19-12-6-4-11(15)5-7-12/h4-7,10,17H,8-9H2,1-3H3,(H,16,18)/t10-/m0/s1. The van der Waals surface area contributed by atoms with E-state index in [1.807, 2.05) is 6.92 Å². The van der Waals surface area contributed by atoms with Crippen molar-refractivity contribution in [1.29, 1.82) is 0 Å². The summed E-state index contributed by atoms with van der Waals surface area (Å²) >= 11 is 1.51. The summed E-state index contributed by atoms with van der Waals surface area (Å²) in [5, 5.41) is 11.9. The van der Waals surface area contributed by atoms with Crippen LogP contribution in [0.3, 0.4) is 0 Å². The lowest BCUT2D eigenvalue weighted by atomic mass is 10.1. The van der Waals surface area contributed by atoms with Gasteiger partial charge in [-0.25, -0.2) is 4.39 Å². The fraction of sp³-hybridized carbons (Fsp3) is 0.500. The fourth-order valence-corrected chi connectivity index (χ4v) is 2.25. The second-order valence-corrected chi connectivity index (χ2v) is 6.29. The van der Waals surface area contributed by atoms with Gasteiger partial charge in [-0.2, -0.15) is 0 Å². The summed E-state index contributed by atoms with van der Waals surface area (Å²) in [6.07, 6.45) is 0. The van der Waals surface area contributed by atoms with Crippen LogP contribution in [0.15, 0.2) is 29.2 Å². The highest BCUT2D eigenvalue weighted by Gasteiger charge is 2.22. The van der Waals surface area contributed by atoms with Gasteiger partial charge in [-0.1, -0.05) is 6.92 Å². The van der Waals surface area contributed by atoms with E-state index in [-0.39, 0.29) is 24.2 Å². The zero-order valence-corrected chi connectivity index (χ0v) is 12.3. The first kappa shape index (κ1) is 16.0. The van der Waals surface area contributed by atoms with Crippen molar-refractivity contribution in [3.63, 3.8) is 0 Å². The lowest BCUT2D eigenvalue weighted by Gasteiger charge is -2.25. The number of thioether (sulfide) groups is 1. The van der Waals surface area contributed by atoms with E-state index in [9.17, 15) is 9.18 Å². The maximum Gasteiger partial charge on any atom is 0.224 e. The molecule has 1 rings (SSSR count). The second-order valence-electron chi connectivity index (χ2n) is 5.20. The van der Waals surface area contributed by atoms with Crippen LogP contribution < -0.4 is 5.32 Å². The van der Waals surface area contributed by atoms with E-state index < -0.39 is 5.54 Å². The van der Waals surface area contributed by atoms with Crippen LogP contribution in [0.25, 0.3) is 0 Å². The number of carbonyl (C=O) groups excluding carboxylic acids is 1. The second kappa shape index (κ2) is 6.91. The first-order valence-corrected chi connectivity index (χ1v) is 7.14. The van der Waals surface area contributed by atoms with Crippen LogP contribution in [0.4, 0.5) is 4.39 Å². The molecule has 0 bridgehead atoms. The minimum Gasteiger partial charge on any atom is -0.394 e. The van der Waals surface area contributed by atoms with Gasteiger partial charge in [0.05, 0.1) is 12.1 Å². The lowest BCUT2D eigenvalue weighted by molar-refractivity contribution is -0.125. The number of carbonyl (C=O) groups is 1. The fourth-order valence-electron chi connectivity index (χ4n) is 1.32. The van der Waals surface area contributed by atoms with Crippen molar-refractivity contribution < 1.29 is 14.3 Å². The molecule has 0 radical (unpaired) electrons. The number of halogens is 1. The van der Waals surface area contributed by atoms with Gasteiger partial charge in [0, 0.05) is 16.6 Å². The van der Waals surface area contributed by atoms with Crippen LogP contribution >= 0.6 is 11.8 Å². The van der Waals surface area contributed by atoms with Gasteiger partial charge >= 0.3 is 0 Å². The number of aliphatic hydroxyl groups excluding tert-OH is 1. The first-order valence-electron chi connectivity index (χ1n) is 6.15. The van der Waals surface area contributed by atoms with Gasteiger partial charge in [-0.3, -0.25) is 4.79 Å². The van der Waals surface area contributed by atoms with Crippen LogP contribution in [0.5, 0.6) is 0 Å². The van der Waals surface area contributed by atoms with E-state index in [1.165, 1.54) is 23.9 Å². The van der Waals surface area contributed by atoms with Crippen molar-refractivity contribution >= 4 is 17.7 Å². The highest BCUT2D eigenvalue weighted by atomic mass is 32.2. The molecule has 0 saturated carbocycles. The summed E-state index contributed by atoms with van der Waals surface area (Å²) in [5.74, 6) is 0.0771. The van der Waals surface area contributed by atoms with Crippen molar-refractivity contribution in [2.24, 2.45) is 5.92 Å². The predicted octanol–water partition coefficient (Wildman–Crippen LogP) is 2.44. The van der Waals surface area contributed by atoms with Crippen molar-refractivity contribution in [2.45, 2.75) is 31.2 Å². The topological polar surface area (TPSA) is 49.3 Å². The van der Waals surface area contributed by atoms with Gasteiger partial charge < -0.3 is 10.4 Å². The molecule has 0 aromatic heterocycles. The quantitative estimate of drug-likeness (QED) is 0.789. The largest absolute Gasteiger partial charge is 0.394 e. The molecule has 0 saturated heterocycles. The van der Waals surface area contributed by atoms with Gasteiger partial charge in [-0.05, 0) is 38.1 Å². The maximum atomic E-state index is 12.7. The zero-order valence-electron chi connectivity index (χ0n) is 11.4. The monoisotopic (exact) mass is 285 g/mol. The molecule has 0 aliphatic rings. The Kier molecular flexibility index (Phi) is 5.82. The zero-order chi connectivity index (χ0) is 14.5. The number of nitrogens with one attached hydrogen (secondary N) is 1. The van der Waals surface area contributed by atoms with Crippen LogP contribution in [0, 0.1) is 11.7 Å². The predicted molar refractivity (Wildman–Crippen MR) is 75.6 cm³/mol. The summed E-state index contributed by atoms with van der Waals surface area (Å²) in [6.45, 7) is 5.27. The van der Waals surface area contributed by atoms with E-state index in [2.05, 4.69) is 5.32 Å². The van der Waals surface area contributed by atoms with E-state index in [4.69, 9.17) is 5.11 Å². The summed E-state index contributed by atoms with van der Waals surface area (Å²) in [5.41, 5.74) is -0.605. The molecule has 0 spiro atoms. The van der Waals surface area contributed by atoms with E-state index >= 15 is 0 Å². The van der Waals surface area contributed by atoms with E-state index in [0.29, 0.717) is 5.75 Å². The Bertz CT molecular complexity index is 420. The third-order valence-electron chi connectivity index (χ3n) is 2.62. The molecule has 0 fully saturated rings. The van der Waals surface area contributed by atoms with Crippen molar-refractivity contribution in [2.75, 3.05) is 12.4 Å². The Morgan fingerprint density at radius 2 is 2.00 bits per heavy atom. The molecular formula is C14H20FNO2S. The van der Waals surface area contributed by atoms with Crippen LogP contribution in [0.1, 0.15) is 20.8 Å². The molecule has 106 valence electrons. The number of benzene rings is 1. The Morgan fingerprint density at radius 3 is 2.53 bits per heavy atom. The molecule has 0 unspecified atom stereocenters. The normalized spacial score (nSPS) is 13.1. The Morgan fingerprint density at radius 1 is 1.42 bits per heavy atom. The number of amides is 1. The number of hydrogen-bond donors (Lipinski definition) is 2. The third-order valence-corrected chi connectivity index (χ3v) is 3.89. The van der Waals surface area contributed by atoms with Gasteiger partial charge in [0.1, 0.15) is 5.82 Å². The summed E-state index contributed by atoms with van der Waals surface area (Å²) in [7, 11) is 0. The van der Waals surface area contributed by atoms with Crippen molar-refractivity contribution in [3.05, 3.63) is 30.1 Å². The molecule has 1 atom stereocenters. The molecule has 3 nitrogen and oxygen atoms in total. The average Bonchev–Trinajstić information content (AvgIpc) is 2.37. The molecular weight excluding hydrogens is 265 g/mol. The number of aliphatic hydroxyl groups is 1. The van der Waals surface area contributed by atoms with Crippen LogP contribution in [0.2, 0.25) is 0 Å². The highest BCUT2D eigenvalue weighted by molar-refractivity contribution is 7.99. The molecule has 0 aliphatic heterocycles. The van der Waals surface area contributed by atoms with Crippen LogP contribution in [-0.4, -0.2) is 28.9 Å². The third kappa shape index (κ3) is 5.61. The first-order chi connectivity index (χ1) is 8.84. The minimum atomic E-state index is -0.605. The molecule has 1 aromatic rings. The molecule has 0 heterocycles. The minimum absolute atomic E-state index is 0.0892. The Balaban J connectivity index is 2.44. The average molecular weight is 285 g/mol. The molecule has 1 amide bonds. The Hall–Kier alpha value is -1.07. The van der Waals surface area contributed by atoms with Gasteiger partial charge in [0.2, 0.25) is 5.91 Å². The molecule has 2 N–H and O–H groups in total. The summed E-state index contributed by atoms with van der Waals surface area (Å²) in [4.78, 5) is 12.8. The van der Waals surface area contributed by atoms with Crippen molar-refractivity contribution in [3.8, 4) is 0 Å². The lowest BCUT2D eigenvalue weighted by Crippen LogP contribution is -2.48. The van der Waals surface area contributed by atoms with E-state index in [1.54, 1.807) is 26.0 Å². The SMILES string of the molecule is C[C@@H](CSc1ccc(F)cc1)C(=O)NC(C)(C)CO. The summed E-state index contributed by atoms with van der Waals surface area (Å²) in [6, 6.07) is 6.20. The maximum absolute atomic E-state index is 12.7. The number of hydrogen-bond acceptors (Lipinski definition) is 3. The van der Waals surface area contributed by atoms with Crippen LogP contribution in [-0.2, 0) is 4.79 Å². The molecule has 19 heavy (non-hydrogen) atoms. The van der Waals surface area contributed by atoms with Gasteiger partial charge in [0.15, 0.2) is 0 Å². The highest BCUT2D eigenvalue weighted by Crippen LogP contribution is 2.21. The Labute approximate surface area is 117 Å². The molecule has 5 heteroatoms. The summed E-state index contributed by atoms with van der Waals surface area (Å²) < 4.78 is 12.7. The molecule has 0 aliphatic carbocycles. The van der Waals surface area contributed by atoms with Crippen molar-refractivity contribution in [1.82, 2.24) is 5.32 Å². The van der Waals surface area contributed by atoms with Gasteiger partial charge in [-0.15, -0.1) is 11.8 Å². The number of rotatable bonds is 6. The smallest absolute Gasteiger partial charge is 0.224 e. The molecule has 1 aromatic carbocycles.